The van der Waals surface area contributed by atoms with E-state index >= 15 is 0 Å². The number of hydrogen-bond acceptors (Lipinski definition) is 3. The summed E-state index contributed by atoms with van der Waals surface area (Å²) in [6.07, 6.45) is 4.96. The van der Waals surface area contributed by atoms with Gasteiger partial charge >= 0.3 is 0 Å². The molecule has 1 aliphatic heterocycles. The average molecular weight is 288 g/mol. The van der Waals surface area contributed by atoms with E-state index in [1.54, 1.807) is 0 Å². The topological polar surface area (TPSA) is 38.5 Å². The van der Waals surface area contributed by atoms with Crippen molar-refractivity contribution in [3.63, 3.8) is 0 Å². The van der Waals surface area contributed by atoms with Crippen molar-refractivity contribution < 1.29 is 4.74 Å². The van der Waals surface area contributed by atoms with Gasteiger partial charge in [-0.2, -0.15) is 0 Å². The summed E-state index contributed by atoms with van der Waals surface area (Å²) in [5.41, 5.74) is 7.57. The highest BCUT2D eigenvalue weighted by molar-refractivity contribution is 5.20. The molecule has 1 aromatic carbocycles. The lowest BCUT2D eigenvalue weighted by molar-refractivity contribution is 0.0871. The molecule has 2 aliphatic rings. The molecule has 0 amide bonds. The standard InChI is InChI=1S/C18H28N2O/c19-14-17-8-7-16(15-5-2-1-3-6-15)13-18(17)20-9-4-11-21-12-10-20/h1-3,5-6,16-18H,4,7-14,19H2. The largest absolute Gasteiger partial charge is 0.380 e. The van der Waals surface area contributed by atoms with Gasteiger partial charge in [0, 0.05) is 25.7 Å². The first kappa shape index (κ1) is 15.0. The summed E-state index contributed by atoms with van der Waals surface area (Å²) in [5.74, 6) is 1.35. The van der Waals surface area contributed by atoms with Crippen molar-refractivity contribution in [3.8, 4) is 0 Å². The van der Waals surface area contributed by atoms with Crippen molar-refractivity contribution in [1.82, 2.24) is 4.90 Å². The number of rotatable bonds is 3. The van der Waals surface area contributed by atoms with Crippen LogP contribution in [0.3, 0.4) is 0 Å². The Hall–Kier alpha value is -0.900. The van der Waals surface area contributed by atoms with Crippen LogP contribution in [0.25, 0.3) is 0 Å². The molecule has 0 aromatic heterocycles. The lowest BCUT2D eigenvalue weighted by atomic mass is 9.75. The second kappa shape index (κ2) is 7.39. The number of nitrogens with zero attached hydrogens (tertiary/aromatic N) is 1. The first-order valence-electron chi connectivity index (χ1n) is 8.45. The van der Waals surface area contributed by atoms with E-state index in [4.69, 9.17) is 10.5 Å². The molecule has 1 saturated heterocycles. The quantitative estimate of drug-likeness (QED) is 0.929. The summed E-state index contributed by atoms with van der Waals surface area (Å²) in [7, 11) is 0. The maximum absolute atomic E-state index is 6.07. The van der Waals surface area contributed by atoms with Crippen LogP contribution in [-0.4, -0.2) is 43.8 Å². The fourth-order valence-electron chi connectivity index (χ4n) is 4.06. The molecule has 116 valence electrons. The Kier molecular flexibility index (Phi) is 5.28. The third-order valence-electron chi connectivity index (χ3n) is 5.26. The lowest BCUT2D eigenvalue weighted by Crippen LogP contribution is -2.47. The van der Waals surface area contributed by atoms with E-state index in [2.05, 4.69) is 35.2 Å². The Labute approximate surface area is 128 Å². The summed E-state index contributed by atoms with van der Waals surface area (Å²) in [6, 6.07) is 11.7. The van der Waals surface area contributed by atoms with Gasteiger partial charge in [-0.05, 0) is 49.6 Å². The highest BCUT2D eigenvalue weighted by Crippen LogP contribution is 2.38. The van der Waals surface area contributed by atoms with Crippen LogP contribution in [0, 0.1) is 5.92 Å². The van der Waals surface area contributed by atoms with Gasteiger partial charge in [-0.25, -0.2) is 0 Å². The zero-order valence-corrected chi connectivity index (χ0v) is 12.9. The summed E-state index contributed by atoms with van der Waals surface area (Å²) in [6.45, 7) is 4.86. The van der Waals surface area contributed by atoms with Crippen LogP contribution in [0.1, 0.15) is 37.2 Å². The van der Waals surface area contributed by atoms with Gasteiger partial charge in [0.25, 0.3) is 0 Å². The third-order valence-corrected chi connectivity index (χ3v) is 5.26. The molecule has 21 heavy (non-hydrogen) atoms. The number of hydrogen-bond donors (Lipinski definition) is 1. The van der Waals surface area contributed by atoms with Crippen LogP contribution in [0.2, 0.25) is 0 Å². The maximum atomic E-state index is 6.07. The fourth-order valence-corrected chi connectivity index (χ4v) is 4.06. The van der Waals surface area contributed by atoms with Gasteiger partial charge in [0.2, 0.25) is 0 Å². The zero-order valence-electron chi connectivity index (χ0n) is 12.9. The van der Waals surface area contributed by atoms with E-state index in [-0.39, 0.29) is 0 Å². The molecule has 1 aromatic rings. The van der Waals surface area contributed by atoms with Crippen molar-refractivity contribution in [1.29, 1.82) is 0 Å². The molecular formula is C18H28N2O. The average Bonchev–Trinajstić information content (AvgIpc) is 2.84. The smallest absolute Gasteiger partial charge is 0.0593 e. The van der Waals surface area contributed by atoms with E-state index in [0.717, 1.165) is 32.7 Å². The Morgan fingerprint density at radius 1 is 1.10 bits per heavy atom. The Morgan fingerprint density at radius 3 is 2.76 bits per heavy atom. The van der Waals surface area contributed by atoms with E-state index < -0.39 is 0 Å². The number of nitrogens with two attached hydrogens (primary N) is 1. The minimum atomic E-state index is 0.635. The van der Waals surface area contributed by atoms with Crippen LogP contribution < -0.4 is 5.73 Å². The normalized spacial score (nSPS) is 31.8. The zero-order chi connectivity index (χ0) is 14.5. The second-order valence-electron chi connectivity index (χ2n) is 6.49. The maximum Gasteiger partial charge on any atom is 0.0593 e. The van der Waals surface area contributed by atoms with Crippen molar-refractivity contribution in [2.75, 3.05) is 32.8 Å². The van der Waals surface area contributed by atoms with Gasteiger partial charge < -0.3 is 10.5 Å². The van der Waals surface area contributed by atoms with Crippen molar-refractivity contribution in [3.05, 3.63) is 35.9 Å². The van der Waals surface area contributed by atoms with Crippen molar-refractivity contribution in [2.24, 2.45) is 11.7 Å². The molecule has 1 aliphatic carbocycles. The minimum Gasteiger partial charge on any atom is -0.380 e. The van der Waals surface area contributed by atoms with Crippen LogP contribution in [0.5, 0.6) is 0 Å². The lowest BCUT2D eigenvalue weighted by Gasteiger charge is -2.42. The Bertz CT molecular complexity index is 414. The summed E-state index contributed by atoms with van der Waals surface area (Å²) in [5, 5.41) is 0. The highest BCUT2D eigenvalue weighted by Gasteiger charge is 2.34. The molecule has 3 rings (SSSR count). The second-order valence-corrected chi connectivity index (χ2v) is 6.49. The molecule has 3 nitrogen and oxygen atoms in total. The van der Waals surface area contributed by atoms with Crippen LogP contribution in [0.15, 0.2) is 30.3 Å². The molecular weight excluding hydrogens is 260 g/mol. The summed E-state index contributed by atoms with van der Waals surface area (Å²) < 4.78 is 5.62. The molecule has 3 heteroatoms. The molecule has 1 saturated carbocycles. The van der Waals surface area contributed by atoms with E-state index in [1.165, 1.54) is 31.4 Å². The van der Waals surface area contributed by atoms with E-state index in [1.807, 2.05) is 0 Å². The van der Waals surface area contributed by atoms with Gasteiger partial charge in [-0.15, -0.1) is 0 Å². The van der Waals surface area contributed by atoms with Gasteiger partial charge in [0.05, 0.1) is 6.61 Å². The molecule has 3 atom stereocenters. The van der Waals surface area contributed by atoms with Gasteiger partial charge in [0.15, 0.2) is 0 Å². The predicted octanol–water partition coefficient (Wildman–Crippen LogP) is 2.62. The number of benzene rings is 1. The summed E-state index contributed by atoms with van der Waals surface area (Å²) >= 11 is 0. The molecule has 2 fully saturated rings. The number of ether oxygens (including phenoxy) is 1. The van der Waals surface area contributed by atoms with Gasteiger partial charge in [0.1, 0.15) is 0 Å². The minimum absolute atomic E-state index is 0.635. The molecule has 0 radical (unpaired) electrons. The monoisotopic (exact) mass is 288 g/mol. The molecule has 3 unspecified atom stereocenters. The van der Waals surface area contributed by atoms with E-state index in [0.29, 0.717) is 17.9 Å². The molecule has 0 spiro atoms. The molecule has 0 bridgehead atoms. The summed E-state index contributed by atoms with van der Waals surface area (Å²) in [4.78, 5) is 2.65. The Morgan fingerprint density at radius 2 is 1.95 bits per heavy atom. The van der Waals surface area contributed by atoms with Crippen molar-refractivity contribution >= 4 is 0 Å². The third kappa shape index (κ3) is 3.65. The fraction of sp³-hybridized carbons (Fsp3) is 0.667. The van der Waals surface area contributed by atoms with Gasteiger partial charge in [-0.3, -0.25) is 4.90 Å². The van der Waals surface area contributed by atoms with E-state index in [9.17, 15) is 0 Å². The SMILES string of the molecule is NCC1CCC(c2ccccc2)CC1N1CCCOCC1. The molecule has 1 heterocycles. The van der Waals surface area contributed by atoms with Crippen LogP contribution in [-0.2, 0) is 4.74 Å². The highest BCUT2D eigenvalue weighted by atomic mass is 16.5. The molecule has 2 N–H and O–H groups in total. The van der Waals surface area contributed by atoms with Gasteiger partial charge in [-0.1, -0.05) is 30.3 Å². The Balaban J connectivity index is 1.72. The van der Waals surface area contributed by atoms with Crippen LogP contribution in [0.4, 0.5) is 0 Å². The van der Waals surface area contributed by atoms with Crippen molar-refractivity contribution in [2.45, 2.75) is 37.6 Å². The first-order valence-corrected chi connectivity index (χ1v) is 8.45. The predicted molar refractivity (Wildman–Crippen MR) is 86.4 cm³/mol. The van der Waals surface area contributed by atoms with Crippen LogP contribution >= 0.6 is 0 Å². The first-order chi connectivity index (χ1) is 10.4.